The summed E-state index contributed by atoms with van der Waals surface area (Å²) in [6.07, 6.45) is -0.168. The number of hydrogen-bond acceptors (Lipinski definition) is 5. The molecule has 1 aromatic rings. The number of ether oxygens (including phenoxy) is 2. The quantitative estimate of drug-likeness (QED) is 0.832. The number of carboxylic acids is 1. The predicted molar refractivity (Wildman–Crippen MR) is 91.7 cm³/mol. The first-order valence-electron chi connectivity index (χ1n) is 8.83. The Hall–Kier alpha value is -2.20. The number of aromatic nitrogens is 1. The molecule has 1 spiro atoms. The number of morpholine rings is 1. The lowest BCUT2D eigenvalue weighted by molar-refractivity contribution is -0.192. The van der Waals surface area contributed by atoms with Crippen LogP contribution in [0.1, 0.15) is 29.8 Å². The minimum absolute atomic E-state index is 0.00124. The lowest BCUT2D eigenvalue weighted by Gasteiger charge is -2.43. The van der Waals surface area contributed by atoms with Crippen molar-refractivity contribution in [3.05, 3.63) is 30.1 Å². The van der Waals surface area contributed by atoms with Crippen molar-refractivity contribution in [2.24, 2.45) is 5.92 Å². The second-order valence-corrected chi connectivity index (χ2v) is 6.70. The Balaban J connectivity index is 0.000000345. The average Bonchev–Trinajstić information content (AvgIpc) is 3.03. The van der Waals surface area contributed by atoms with Crippen LogP contribution in [0.5, 0.6) is 0 Å². The number of pyridine rings is 1. The van der Waals surface area contributed by atoms with Gasteiger partial charge in [-0.2, -0.15) is 13.2 Å². The number of amides is 1. The highest BCUT2D eigenvalue weighted by molar-refractivity contribution is 5.92. The minimum Gasteiger partial charge on any atom is -0.475 e. The number of aliphatic carboxylic acids is 1. The molecule has 1 saturated heterocycles. The van der Waals surface area contributed by atoms with Gasteiger partial charge in [0.15, 0.2) is 0 Å². The van der Waals surface area contributed by atoms with Crippen LogP contribution >= 0.6 is 0 Å². The molecule has 0 aromatic carbocycles. The zero-order valence-electron chi connectivity index (χ0n) is 15.4. The molecule has 1 amide bonds. The van der Waals surface area contributed by atoms with Crippen molar-refractivity contribution in [1.29, 1.82) is 0 Å². The second-order valence-electron chi connectivity index (χ2n) is 6.70. The Bertz CT molecular complexity index is 671. The summed E-state index contributed by atoms with van der Waals surface area (Å²) in [6.45, 7) is 2.58. The number of carbonyl (C=O) groups excluding carboxylic acids is 1. The number of alkyl halides is 3. The summed E-state index contributed by atoms with van der Waals surface area (Å²) in [6, 6.07) is 5.44. The minimum atomic E-state index is -5.08. The summed E-state index contributed by atoms with van der Waals surface area (Å²) < 4.78 is 43.2. The molecular formula is C18H23F3N2O5. The van der Waals surface area contributed by atoms with Crippen LogP contribution in [-0.2, 0) is 14.3 Å². The third kappa shape index (κ3) is 5.41. The molecule has 1 saturated carbocycles. The molecule has 2 fully saturated rings. The maximum Gasteiger partial charge on any atom is 0.490 e. The van der Waals surface area contributed by atoms with Crippen molar-refractivity contribution in [2.45, 2.75) is 31.0 Å². The summed E-state index contributed by atoms with van der Waals surface area (Å²) >= 11 is 0. The van der Waals surface area contributed by atoms with Crippen LogP contribution in [-0.4, -0.2) is 72.1 Å². The number of carbonyl (C=O) groups is 2. The molecule has 2 aliphatic rings. The molecule has 156 valence electrons. The Labute approximate surface area is 160 Å². The van der Waals surface area contributed by atoms with Crippen LogP contribution in [0.15, 0.2) is 24.4 Å². The predicted octanol–water partition coefficient (Wildman–Crippen LogP) is 2.37. The van der Waals surface area contributed by atoms with E-state index in [1.54, 1.807) is 19.4 Å². The van der Waals surface area contributed by atoms with E-state index in [-0.39, 0.29) is 11.5 Å². The van der Waals surface area contributed by atoms with Gasteiger partial charge in [-0.25, -0.2) is 4.79 Å². The lowest BCUT2D eigenvalue weighted by atomic mass is 9.89. The lowest BCUT2D eigenvalue weighted by Crippen LogP contribution is -2.56. The average molecular weight is 404 g/mol. The highest BCUT2D eigenvalue weighted by atomic mass is 19.4. The van der Waals surface area contributed by atoms with E-state index in [9.17, 15) is 18.0 Å². The van der Waals surface area contributed by atoms with Crippen LogP contribution < -0.4 is 0 Å². The van der Waals surface area contributed by atoms with E-state index in [1.807, 2.05) is 17.0 Å². The second kappa shape index (κ2) is 9.33. The maximum atomic E-state index is 12.6. The largest absolute Gasteiger partial charge is 0.490 e. The molecule has 2 atom stereocenters. The van der Waals surface area contributed by atoms with Gasteiger partial charge in [0.25, 0.3) is 5.91 Å². The van der Waals surface area contributed by atoms with Crippen LogP contribution in [0.3, 0.4) is 0 Å². The summed E-state index contributed by atoms with van der Waals surface area (Å²) in [5.74, 6) is -2.38. The van der Waals surface area contributed by atoms with Gasteiger partial charge in [-0.1, -0.05) is 12.5 Å². The summed E-state index contributed by atoms with van der Waals surface area (Å²) in [5.41, 5.74) is 0.287. The highest BCUT2D eigenvalue weighted by Crippen LogP contribution is 2.41. The third-order valence-electron chi connectivity index (χ3n) is 4.89. The number of halogens is 3. The summed E-state index contributed by atoms with van der Waals surface area (Å²) in [4.78, 5) is 27.5. The Morgan fingerprint density at radius 3 is 2.71 bits per heavy atom. The van der Waals surface area contributed by atoms with Crippen molar-refractivity contribution < 1.29 is 37.3 Å². The van der Waals surface area contributed by atoms with Crippen LogP contribution in [0.4, 0.5) is 13.2 Å². The van der Waals surface area contributed by atoms with E-state index in [0.717, 1.165) is 19.3 Å². The van der Waals surface area contributed by atoms with E-state index in [0.29, 0.717) is 37.9 Å². The zero-order chi connectivity index (χ0) is 20.8. The van der Waals surface area contributed by atoms with Gasteiger partial charge in [0, 0.05) is 25.8 Å². The van der Waals surface area contributed by atoms with Crippen molar-refractivity contribution in [3.63, 3.8) is 0 Å². The molecule has 1 aliphatic carbocycles. The highest BCUT2D eigenvalue weighted by Gasteiger charge is 2.47. The molecule has 28 heavy (non-hydrogen) atoms. The normalized spacial score (nSPS) is 24.6. The van der Waals surface area contributed by atoms with Gasteiger partial charge < -0.3 is 19.5 Å². The molecule has 1 aromatic heterocycles. The topological polar surface area (TPSA) is 89.0 Å². The molecule has 2 heterocycles. The Morgan fingerprint density at radius 2 is 2.14 bits per heavy atom. The fourth-order valence-electron chi connectivity index (χ4n) is 3.58. The first-order valence-corrected chi connectivity index (χ1v) is 8.83. The molecule has 0 bridgehead atoms. The third-order valence-corrected chi connectivity index (χ3v) is 4.89. The van der Waals surface area contributed by atoms with Crippen LogP contribution in [0.25, 0.3) is 0 Å². The van der Waals surface area contributed by atoms with E-state index in [1.165, 1.54) is 0 Å². The van der Waals surface area contributed by atoms with Gasteiger partial charge >= 0.3 is 12.1 Å². The first kappa shape index (κ1) is 22.1. The molecule has 10 heteroatoms. The zero-order valence-corrected chi connectivity index (χ0v) is 15.4. The van der Waals surface area contributed by atoms with E-state index in [2.05, 4.69) is 4.98 Å². The SMILES string of the molecule is COC[C@@H]1CCC[C@@]12CN(C(=O)c1ccccn1)CCO2.O=C(O)C(F)(F)F. The number of rotatable bonds is 3. The molecule has 0 unspecified atom stereocenters. The van der Waals surface area contributed by atoms with E-state index >= 15 is 0 Å². The van der Waals surface area contributed by atoms with E-state index < -0.39 is 12.1 Å². The number of nitrogens with zero attached hydrogens (tertiary/aromatic N) is 2. The Kier molecular flexibility index (Phi) is 7.36. The molecule has 0 radical (unpaired) electrons. The Morgan fingerprint density at radius 1 is 1.43 bits per heavy atom. The standard InChI is InChI=1S/C16H22N2O3.C2HF3O2/c1-20-11-13-5-4-7-16(13)12-18(9-10-21-16)15(19)14-6-2-3-8-17-14;3-2(4,5)1(6)7/h2-3,6,8,13H,4-5,7,9-12H2,1H3;(H,6,7)/t13-,16+;/m0./s1. The van der Waals surface area contributed by atoms with Gasteiger partial charge in [0.1, 0.15) is 5.69 Å². The molecule has 7 nitrogen and oxygen atoms in total. The van der Waals surface area contributed by atoms with Crippen molar-refractivity contribution in [3.8, 4) is 0 Å². The van der Waals surface area contributed by atoms with Gasteiger partial charge in [-0.15, -0.1) is 0 Å². The van der Waals surface area contributed by atoms with Gasteiger partial charge in [0.05, 0.1) is 25.4 Å². The van der Waals surface area contributed by atoms with Gasteiger partial charge in [0.2, 0.25) is 0 Å². The van der Waals surface area contributed by atoms with Crippen molar-refractivity contribution in [2.75, 3.05) is 33.4 Å². The monoisotopic (exact) mass is 404 g/mol. The van der Waals surface area contributed by atoms with Crippen LogP contribution in [0, 0.1) is 5.92 Å². The summed E-state index contributed by atoms with van der Waals surface area (Å²) in [7, 11) is 1.73. The molecular weight excluding hydrogens is 381 g/mol. The maximum absolute atomic E-state index is 12.6. The van der Waals surface area contributed by atoms with E-state index in [4.69, 9.17) is 19.4 Å². The fourth-order valence-corrected chi connectivity index (χ4v) is 3.58. The first-order chi connectivity index (χ1) is 13.2. The summed E-state index contributed by atoms with van der Waals surface area (Å²) in [5, 5.41) is 7.12. The molecule has 1 aliphatic heterocycles. The molecule has 1 N–H and O–H groups in total. The number of hydrogen-bond donors (Lipinski definition) is 1. The fraction of sp³-hybridized carbons (Fsp3) is 0.611. The number of carboxylic acid groups (broad SMARTS) is 1. The van der Waals surface area contributed by atoms with Crippen molar-refractivity contribution >= 4 is 11.9 Å². The smallest absolute Gasteiger partial charge is 0.475 e. The van der Waals surface area contributed by atoms with Gasteiger partial charge in [-0.3, -0.25) is 9.78 Å². The number of methoxy groups -OCH3 is 1. The van der Waals surface area contributed by atoms with Crippen LogP contribution in [0.2, 0.25) is 0 Å². The van der Waals surface area contributed by atoms with Crippen molar-refractivity contribution in [1.82, 2.24) is 9.88 Å². The van der Waals surface area contributed by atoms with Gasteiger partial charge in [-0.05, 0) is 25.0 Å². The molecule has 3 rings (SSSR count).